The fourth-order valence-corrected chi connectivity index (χ4v) is 3.66. The molecule has 0 saturated carbocycles. The number of carbonyl (C=O) groups is 3. The summed E-state index contributed by atoms with van der Waals surface area (Å²) >= 11 is 0. The van der Waals surface area contributed by atoms with Crippen LogP contribution < -0.4 is 20.5 Å². The molecule has 4 N–H and O–H groups in total. The van der Waals surface area contributed by atoms with Gasteiger partial charge in [-0.1, -0.05) is 31.2 Å². The summed E-state index contributed by atoms with van der Waals surface area (Å²) in [6.07, 6.45) is -0.842. The highest BCUT2D eigenvalue weighted by molar-refractivity contribution is 7.89. The molecule has 2 aromatic carbocycles. The molecule has 2 aromatic rings. The van der Waals surface area contributed by atoms with E-state index in [1.807, 2.05) is 6.92 Å². The molecule has 0 bridgehead atoms. The van der Waals surface area contributed by atoms with Gasteiger partial charge < -0.3 is 20.5 Å². The Balaban J connectivity index is 2.06. The monoisotopic (exact) mass is 449 g/mol. The van der Waals surface area contributed by atoms with E-state index >= 15 is 0 Å². The van der Waals surface area contributed by atoms with Crippen LogP contribution in [0.3, 0.4) is 0 Å². The number of nitrogens with one attached hydrogen (secondary N) is 2. The minimum atomic E-state index is -3.94. The van der Waals surface area contributed by atoms with Crippen molar-refractivity contribution >= 4 is 34.1 Å². The Hall–Kier alpha value is -3.28. The standard InChI is InChI=1S/C20H23N3O7S/c1-2-11-29-19-15(9-6-10-16(19)22-13-24)20(26)30-18(25)12-17(21)23-31(27,28)14-7-4-3-5-8-14/h3-10,13,17,23H,2,11-12,21H2,1H3,(H,22,24)/t17-/m0/s1. The van der Waals surface area contributed by atoms with E-state index in [-0.39, 0.29) is 28.5 Å². The molecule has 1 atom stereocenters. The molecular formula is C20H23N3O7S. The van der Waals surface area contributed by atoms with Crippen molar-refractivity contribution < 1.29 is 32.3 Å². The smallest absolute Gasteiger partial charge is 0.349 e. The highest BCUT2D eigenvalue weighted by atomic mass is 32.2. The molecule has 0 heterocycles. The van der Waals surface area contributed by atoms with Gasteiger partial charge in [-0.2, -0.15) is 4.72 Å². The minimum Gasteiger partial charge on any atom is -0.491 e. The second-order valence-corrected chi connectivity index (χ2v) is 8.01. The molecule has 0 unspecified atom stereocenters. The third-order valence-corrected chi connectivity index (χ3v) is 5.36. The van der Waals surface area contributed by atoms with Crippen LogP contribution in [-0.4, -0.2) is 39.5 Å². The van der Waals surface area contributed by atoms with Gasteiger partial charge in [-0.25, -0.2) is 13.2 Å². The number of rotatable bonds is 11. The van der Waals surface area contributed by atoms with E-state index in [2.05, 4.69) is 10.0 Å². The van der Waals surface area contributed by atoms with Crippen molar-refractivity contribution in [2.45, 2.75) is 30.8 Å². The third-order valence-electron chi connectivity index (χ3n) is 3.85. The Labute approximate surface area is 179 Å². The quantitative estimate of drug-likeness (QED) is 0.201. The number of ether oxygens (including phenoxy) is 2. The number of esters is 2. The van der Waals surface area contributed by atoms with Crippen LogP contribution in [0.15, 0.2) is 53.4 Å². The Morgan fingerprint density at radius 3 is 2.48 bits per heavy atom. The summed E-state index contributed by atoms with van der Waals surface area (Å²) in [5.74, 6) is -2.00. The van der Waals surface area contributed by atoms with Crippen LogP contribution >= 0.6 is 0 Å². The van der Waals surface area contributed by atoms with Gasteiger partial charge in [0.1, 0.15) is 5.56 Å². The summed E-state index contributed by atoms with van der Waals surface area (Å²) in [6.45, 7) is 2.12. The number of sulfonamides is 1. The molecule has 0 spiro atoms. The van der Waals surface area contributed by atoms with Crippen LogP contribution in [0.5, 0.6) is 5.75 Å². The van der Waals surface area contributed by atoms with Gasteiger partial charge in [0.2, 0.25) is 16.4 Å². The van der Waals surface area contributed by atoms with Crippen molar-refractivity contribution in [1.82, 2.24) is 4.72 Å². The molecule has 0 radical (unpaired) electrons. The number of hydrogen-bond acceptors (Lipinski definition) is 8. The van der Waals surface area contributed by atoms with E-state index in [1.54, 1.807) is 18.2 Å². The first-order valence-corrected chi connectivity index (χ1v) is 10.8. The fraction of sp³-hybridized carbons (Fsp3) is 0.250. The van der Waals surface area contributed by atoms with E-state index in [4.69, 9.17) is 15.2 Å². The Kier molecular flexibility index (Phi) is 8.67. The summed E-state index contributed by atoms with van der Waals surface area (Å²) < 4.78 is 37.0. The topological polar surface area (TPSA) is 154 Å². The molecule has 1 amide bonds. The lowest BCUT2D eigenvalue weighted by Gasteiger charge is -2.15. The maximum atomic E-state index is 12.5. The summed E-state index contributed by atoms with van der Waals surface area (Å²) in [6, 6.07) is 11.8. The van der Waals surface area contributed by atoms with Crippen molar-refractivity contribution in [2.75, 3.05) is 11.9 Å². The molecule has 31 heavy (non-hydrogen) atoms. The molecule has 0 aromatic heterocycles. The molecule has 166 valence electrons. The lowest BCUT2D eigenvalue weighted by Crippen LogP contribution is -2.43. The van der Waals surface area contributed by atoms with E-state index < -0.39 is 34.5 Å². The zero-order chi connectivity index (χ0) is 22.9. The maximum absolute atomic E-state index is 12.5. The van der Waals surface area contributed by atoms with Crippen LogP contribution in [0.1, 0.15) is 30.1 Å². The van der Waals surface area contributed by atoms with Crippen LogP contribution in [-0.2, 0) is 24.3 Å². The fourth-order valence-electron chi connectivity index (χ4n) is 2.52. The first kappa shape index (κ1) is 24.0. The summed E-state index contributed by atoms with van der Waals surface area (Å²) in [5.41, 5.74) is 5.85. The van der Waals surface area contributed by atoms with Crippen molar-refractivity contribution in [3.63, 3.8) is 0 Å². The molecule has 0 aliphatic rings. The molecule has 11 heteroatoms. The number of hydrogen-bond donors (Lipinski definition) is 3. The first-order chi connectivity index (χ1) is 14.8. The van der Waals surface area contributed by atoms with Crippen molar-refractivity contribution in [3.8, 4) is 5.75 Å². The van der Waals surface area contributed by atoms with Gasteiger partial charge in [0, 0.05) is 0 Å². The van der Waals surface area contributed by atoms with Gasteiger partial charge in [-0.05, 0) is 30.7 Å². The van der Waals surface area contributed by atoms with Gasteiger partial charge in [0.25, 0.3) is 0 Å². The first-order valence-electron chi connectivity index (χ1n) is 9.32. The Morgan fingerprint density at radius 1 is 1.13 bits per heavy atom. The molecule has 0 fully saturated rings. The molecule has 0 aliphatic heterocycles. The molecule has 0 aliphatic carbocycles. The number of anilines is 1. The summed E-state index contributed by atoms with van der Waals surface area (Å²) in [7, 11) is -3.94. The zero-order valence-corrected chi connectivity index (χ0v) is 17.6. The van der Waals surface area contributed by atoms with Crippen LogP contribution in [0.2, 0.25) is 0 Å². The predicted octanol–water partition coefficient (Wildman–Crippen LogP) is 1.38. The number of carbonyl (C=O) groups excluding carboxylic acids is 3. The van der Waals surface area contributed by atoms with Crippen LogP contribution in [0.25, 0.3) is 0 Å². The average Bonchev–Trinajstić information content (AvgIpc) is 2.72. The lowest BCUT2D eigenvalue weighted by molar-refractivity contribution is -0.138. The molecule has 0 saturated heterocycles. The number of amides is 1. The van der Waals surface area contributed by atoms with Gasteiger partial charge in [0.05, 0.1) is 29.8 Å². The molecule has 10 nitrogen and oxygen atoms in total. The Morgan fingerprint density at radius 2 is 1.84 bits per heavy atom. The minimum absolute atomic E-state index is 0.0212. The second kappa shape index (κ2) is 11.2. The van der Waals surface area contributed by atoms with Crippen molar-refractivity contribution in [2.24, 2.45) is 5.73 Å². The van der Waals surface area contributed by atoms with E-state index in [0.717, 1.165) is 0 Å². The highest BCUT2D eigenvalue weighted by Gasteiger charge is 2.24. The van der Waals surface area contributed by atoms with Gasteiger partial charge in [-0.3, -0.25) is 9.59 Å². The predicted molar refractivity (Wildman–Crippen MR) is 112 cm³/mol. The number of para-hydroxylation sites is 1. The largest absolute Gasteiger partial charge is 0.491 e. The third kappa shape index (κ3) is 6.88. The average molecular weight is 449 g/mol. The summed E-state index contributed by atoms with van der Waals surface area (Å²) in [4.78, 5) is 35.4. The molecule has 2 rings (SSSR count). The van der Waals surface area contributed by atoms with E-state index in [0.29, 0.717) is 12.8 Å². The van der Waals surface area contributed by atoms with Crippen LogP contribution in [0.4, 0.5) is 5.69 Å². The second-order valence-electron chi connectivity index (χ2n) is 6.30. The SMILES string of the molecule is CCCOc1c(NC=O)cccc1C(=O)OC(=O)C[C@@H](N)NS(=O)(=O)c1ccccc1. The Bertz CT molecular complexity index is 1030. The molecular weight excluding hydrogens is 426 g/mol. The van der Waals surface area contributed by atoms with E-state index in [1.165, 1.54) is 30.3 Å². The van der Waals surface area contributed by atoms with Gasteiger partial charge in [-0.15, -0.1) is 0 Å². The van der Waals surface area contributed by atoms with Crippen molar-refractivity contribution in [1.29, 1.82) is 0 Å². The van der Waals surface area contributed by atoms with Gasteiger partial charge in [0.15, 0.2) is 5.75 Å². The van der Waals surface area contributed by atoms with E-state index in [9.17, 15) is 22.8 Å². The van der Waals surface area contributed by atoms with Gasteiger partial charge >= 0.3 is 11.9 Å². The van der Waals surface area contributed by atoms with Crippen LogP contribution in [0, 0.1) is 0 Å². The normalized spacial score (nSPS) is 11.9. The number of nitrogens with two attached hydrogens (primary N) is 1. The van der Waals surface area contributed by atoms with Crippen molar-refractivity contribution in [3.05, 3.63) is 54.1 Å². The maximum Gasteiger partial charge on any atom is 0.349 e. The number of benzene rings is 2. The zero-order valence-electron chi connectivity index (χ0n) is 16.7. The lowest BCUT2D eigenvalue weighted by atomic mass is 10.1. The highest BCUT2D eigenvalue weighted by Crippen LogP contribution is 2.29. The summed E-state index contributed by atoms with van der Waals surface area (Å²) in [5, 5.41) is 2.41.